The van der Waals surface area contributed by atoms with Crippen molar-refractivity contribution in [1.29, 1.82) is 0 Å². The molecule has 0 spiro atoms. The molecule has 0 aliphatic carbocycles. The predicted octanol–water partition coefficient (Wildman–Crippen LogP) is 3.57. The van der Waals surface area contributed by atoms with Crippen LogP contribution >= 0.6 is 0 Å². The smallest absolute Gasteiger partial charge is 0.169 e. The molecule has 1 aliphatic heterocycles. The van der Waals surface area contributed by atoms with Gasteiger partial charge in [-0.15, -0.1) is 0 Å². The fraction of sp³-hybridized carbons (Fsp3) is 0.588. The molecule has 0 saturated carbocycles. The highest BCUT2D eigenvalue weighted by molar-refractivity contribution is 6.02. The number of Topliss-reactive ketones (excluding diaryl/α,β-unsaturated/α-hetero) is 1. The van der Waals surface area contributed by atoms with Crippen molar-refractivity contribution < 1.29 is 4.79 Å². The second-order valence-electron chi connectivity index (χ2n) is 5.96. The van der Waals surface area contributed by atoms with Gasteiger partial charge >= 0.3 is 0 Å². The monoisotopic (exact) mass is 259 g/mol. The number of hydrogen-bond donors (Lipinski definition) is 1. The maximum absolute atomic E-state index is 13.0. The van der Waals surface area contributed by atoms with Gasteiger partial charge in [-0.3, -0.25) is 4.79 Å². The zero-order valence-electron chi connectivity index (χ0n) is 12.6. The first kappa shape index (κ1) is 14.3. The first-order valence-electron chi connectivity index (χ1n) is 7.33. The lowest BCUT2D eigenvalue weighted by molar-refractivity contribution is 0.0717. The van der Waals surface area contributed by atoms with Crippen LogP contribution in [0.25, 0.3) is 0 Å². The molecule has 1 fully saturated rings. The van der Waals surface area contributed by atoms with Gasteiger partial charge in [0, 0.05) is 11.0 Å². The summed E-state index contributed by atoms with van der Waals surface area (Å²) in [4.78, 5) is 13.0. The third-order valence-corrected chi connectivity index (χ3v) is 4.80. The van der Waals surface area contributed by atoms with Crippen molar-refractivity contribution in [2.45, 2.75) is 47.0 Å². The van der Waals surface area contributed by atoms with E-state index in [4.69, 9.17) is 0 Å². The largest absolute Gasteiger partial charge is 0.317 e. The van der Waals surface area contributed by atoms with E-state index >= 15 is 0 Å². The third-order valence-electron chi connectivity index (χ3n) is 4.80. The van der Waals surface area contributed by atoms with Crippen molar-refractivity contribution in [1.82, 2.24) is 5.32 Å². The van der Waals surface area contributed by atoms with Gasteiger partial charge in [0.15, 0.2) is 5.78 Å². The van der Waals surface area contributed by atoms with Crippen molar-refractivity contribution in [3.05, 3.63) is 34.4 Å². The number of aryl methyl sites for hydroxylation is 3. The van der Waals surface area contributed by atoms with E-state index < -0.39 is 0 Å². The van der Waals surface area contributed by atoms with Gasteiger partial charge in [-0.2, -0.15) is 0 Å². The molecule has 2 rings (SSSR count). The van der Waals surface area contributed by atoms with Crippen LogP contribution in [0.15, 0.2) is 12.1 Å². The summed E-state index contributed by atoms with van der Waals surface area (Å²) < 4.78 is 0. The molecule has 2 nitrogen and oxygen atoms in total. The van der Waals surface area contributed by atoms with Gasteiger partial charge < -0.3 is 5.32 Å². The number of hydrogen-bond acceptors (Lipinski definition) is 2. The molecule has 0 bridgehead atoms. The van der Waals surface area contributed by atoms with Crippen LogP contribution in [-0.2, 0) is 0 Å². The number of nitrogens with one attached hydrogen (secondary N) is 1. The minimum atomic E-state index is -0.141. The molecule has 2 heteroatoms. The van der Waals surface area contributed by atoms with Crippen molar-refractivity contribution in [2.75, 3.05) is 13.1 Å². The van der Waals surface area contributed by atoms with E-state index in [1.165, 1.54) is 11.1 Å². The highest BCUT2D eigenvalue weighted by atomic mass is 16.1. The van der Waals surface area contributed by atoms with Gasteiger partial charge in [0.05, 0.1) is 0 Å². The molecule has 0 amide bonds. The molecular weight excluding hydrogens is 234 g/mol. The van der Waals surface area contributed by atoms with Crippen LogP contribution in [0.4, 0.5) is 0 Å². The quantitative estimate of drug-likeness (QED) is 0.841. The van der Waals surface area contributed by atoms with Crippen molar-refractivity contribution in [3.63, 3.8) is 0 Å². The lowest BCUT2D eigenvalue weighted by atomic mass is 9.70. The Labute approximate surface area is 116 Å². The average molecular weight is 259 g/mol. The summed E-state index contributed by atoms with van der Waals surface area (Å²) in [5.74, 6) is 0.358. The van der Waals surface area contributed by atoms with E-state index in [9.17, 15) is 4.79 Å². The fourth-order valence-corrected chi connectivity index (χ4v) is 3.14. The number of rotatable bonds is 3. The fourth-order valence-electron chi connectivity index (χ4n) is 3.14. The Balaban J connectivity index is 2.40. The van der Waals surface area contributed by atoms with Crippen LogP contribution in [0.2, 0.25) is 0 Å². The number of carbonyl (C=O) groups excluding carboxylic acids is 1. The molecule has 1 aromatic rings. The Kier molecular flexibility index (Phi) is 4.10. The van der Waals surface area contributed by atoms with E-state index in [1.54, 1.807) is 0 Å². The summed E-state index contributed by atoms with van der Waals surface area (Å²) in [5, 5.41) is 3.36. The molecule has 0 unspecified atom stereocenters. The Morgan fingerprint density at radius 2 is 1.68 bits per heavy atom. The third kappa shape index (κ3) is 2.59. The van der Waals surface area contributed by atoms with E-state index in [0.717, 1.165) is 43.5 Å². The zero-order valence-corrected chi connectivity index (χ0v) is 12.6. The van der Waals surface area contributed by atoms with Crippen LogP contribution in [0, 0.1) is 26.2 Å². The van der Waals surface area contributed by atoms with E-state index in [0.29, 0.717) is 5.78 Å². The normalized spacial score (nSPS) is 18.3. The summed E-state index contributed by atoms with van der Waals surface area (Å²) >= 11 is 0. The number of benzene rings is 1. The van der Waals surface area contributed by atoms with Crippen LogP contribution in [0.3, 0.4) is 0 Å². The molecular formula is C17H25NO. The highest BCUT2D eigenvalue weighted by Crippen LogP contribution is 2.37. The van der Waals surface area contributed by atoms with Crippen molar-refractivity contribution in [2.24, 2.45) is 5.41 Å². The summed E-state index contributed by atoms with van der Waals surface area (Å²) in [6, 6.07) is 4.24. The predicted molar refractivity (Wildman–Crippen MR) is 79.8 cm³/mol. The van der Waals surface area contributed by atoms with E-state index in [1.807, 2.05) is 0 Å². The number of piperidine rings is 1. The molecule has 0 radical (unpaired) electrons. The molecule has 1 aromatic carbocycles. The molecule has 0 aromatic heterocycles. The molecule has 0 atom stereocenters. The van der Waals surface area contributed by atoms with Crippen LogP contribution in [0.1, 0.15) is 53.2 Å². The second-order valence-corrected chi connectivity index (χ2v) is 5.96. The summed E-state index contributed by atoms with van der Waals surface area (Å²) in [5.41, 5.74) is 4.41. The van der Waals surface area contributed by atoms with Crippen LogP contribution in [0.5, 0.6) is 0 Å². The van der Waals surface area contributed by atoms with E-state index in [-0.39, 0.29) is 5.41 Å². The van der Waals surface area contributed by atoms with Crippen LogP contribution < -0.4 is 5.32 Å². The topological polar surface area (TPSA) is 29.1 Å². The molecule has 1 aliphatic rings. The minimum absolute atomic E-state index is 0.141. The highest BCUT2D eigenvalue weighted by Gasteiger charge is 2.38. The minimum Gasteiger partial charge on any atom is -0.317 e. The van der Waals surface area contributed by atoms with E-state index in [2.05, 4.69) is 45.1 Å². The lowest BCUT2D eigenvalue weighted by Gasteiger charge is -2.36. The Morgan fingerprint density at radius 1 is 1.11 bits per heavy atom. The first-order valence-corrected chi connectivity index (χ1v) is 7.33. The van der Waals surface area contributed by atoms with Crippen LogP contribution in [-0.4, -0.2) is 18.9 Å². The SMILES string of the molecule is CCC1(C(=O)c2cc(C)c(C)cc2C)CCNCC1. The maximum atomic E-state index is 13.0. The van der Waals surface area contributed by atoms with Crippen molar-refractivity contribution >= 4 is 5.78 Å². The Bertz CT molecular complexity index is 484. The first-order chi connectivity index (χ1) is 9.00. The van der Waals surface area contributed by atoms with Gasteiger partial charge in [-0.05, 0) is 75.9 Å². The standard InChI is InChI=1S/C17H25NO/c1-5-17(6-8-18-9-7-17)16(19)15-11-13(3)12(2)10-14(15)4/h10-11,18H,5-9H2,1-4H3. The summed E-state index contributed by atoms with van der Waals surface area (Å²) in [7, 11) is 0. The van der Waals surface area contributed by atoms with Gasteiger partial charge in [0.1, 0.15) is 0 Å². The number of carbonyl (C=O) groups is 1. The Morgan fingerprint density at radius 3 is 2.26 bits per heavy atom. The van der Waals surface area contributed by atoms with Gasteiger partial charge in [0.2, 0.25) is 0 Å². The summed E-state index contributed by atoms with van der Waals surface area (Å²) in [6.45, 7) is 10.3. The molecule has 104 valence electrons. The van der Waals surface area contributed by atoms with Gasteiger partial charge in [0.25, 0.3) is 0 Å². The average Bonchev–Trinajstić information content (AvgIpc) is 2.43. The van der Waals surface area contributed by atoms with Crippen molar-refractivity contribution in [3.8, 4) is 0 Å². The summed E-state index contributed by atoms with van der Waals surface area (Å²) in [6.07, 6.45) is 2.88. The van der Waals surface area contributed by atoms with Gasteiger partial charge in [-0.25, -0.2) is 0 Å². The zero-order chi connectivity index (χ0) is 14.0. The Hall–Kier alpha value is -1.15. The molecule has 1 saturated heterocycles. The molecule has 1 N–H and O–H groups in total. The van der Waals surface area contributed by atoms with Gasteiger partial charge in [-0.1, -0.05) is 13.0 Å². The maximum Gasteiger partial charge on any atom is 0.169 e. The second kappa shape index (κ2) is 5.46. The molecule has 19 heavy (non-hydrogen) atoms. The lowest BCUT2D eigenvalue weighted by Crippen LogP contribution is -2.42. The number of ketones is 1. The molecule has 1 heterocycles.